The van der Waals surface area contributed by atoms with Crippen molar-refractivity contribution >= 4 is 49.4 Å². The van der Waals surface area contributed by atoms with E-state index in [1.165, 1.54) is 23.3 Å². The highest BCUT2D eigenvalue weighted by molar-refractivity contribution is 7.87. The van der Waals surface area contributed by atoms with Crippen LogP contribution in [-0.2, 0) is 21.4 Å². The Kier molecular flexibility index (Phi) is 8.24. The van der Waals surface area contributed by atoms with Gasteiger partial charge in [0.15, 0.2) is 0 Å². The molecule has 2 atom stereocenters. The van der Waals surface area contributed by atoms with Crippen LogP contribution in [0, 0.1) is 11.6 Å². The lowest BCUT2D eigenvalue weighted by Crippen LogP contribution is -2.54. The Hall–Kier alpha value is -4.01. The molecule has 3 amide bonds. The summed E-state index contributed by atoms with van der Waals surface area (Å²) >= 11 is 1.43. The molecular formula is C27H26F2N6O4S2. The minimum absolute atomic E-state index is 0.0992. The number of rotatable bonds is 8. The molecule has 214 valence electrons. The minimum Gasteiger partial charge on any atom is -0.325 e. The fourth-order valence-electron chi connectivity index (χ4n) is 4.84. The van der Waals surface area contributed by atoms with E-state index >= 15 is 0 Å². The molecule has 1 saturated heterocycles. The van der Waals surface area contributed by atoms with Crippen molar-refractivity contribution in [3.05, 3.63) is 89.2 Å². The van der Waals surface area contributed by atoms with Crippen LogP contribution in [0.5, 0.6) is 0 Å². The molecule has 0 saturated carbocycles. The van der Waals surface area contributed by atoms with Gasteiger partial charge in [0.1, 0.15) is 17.7 Å². The van der Waals surface area contributed by atoms with Crippen molar-refractivity contribution in [2.45, 2.75) is 31.3 Å². The lowest BCUT2D eigenvalue weighted by Gasteiger charge is -2.27. The Balaban J connectivity index is 1.37. The third-order valence-corrected chi connectivity index (χ3v) is 9.07. The molecule has 41 heavy (non-hydrogen) atoms. The summed E-state index contributed by atoms with van der Waals surface area (Å²) in [4.78, 5) is 36.4. The number of fused-ring (bicyclic) bond motifs is 1. The maximum atomic E-state index is 13.9. The summed E-state index contributed by atoms with van der Waals surface area (Å²) in [5.41, 5.74) is 3.45. The SMILES string of the molecule is CN(C(=O)[C@H](Cc1cc(F)cc(F)c1)NC(=O)NS(=O)(=O)N1CCCC1c1ccccn1)c1ccc2scnc2c1. The van der Waals surface area contributed by atoms with Crippen LogP contribution >= 0.6 is 11.3 Å². The molecule has 0 bridgehead atoms. The van der Waals surface area contributed by atoms with Crippen LogP contribution in [0.1, 0.15) is 30.1 Å². The second-order valence-corrected chi connectivity index (χ2v) is 12.0. The first-order valence-corrected chi connectivity index (χ1v) is 15.0. The smallest absolute Gasteiger partial charge is 0.325 e. The molecule has 0 spiro atoms. The molecule has 1 unspecified atom stereocenters. The molecular weight excluding hydrogens is 574 g/mol. The standard InChI is InChI=1S/C27H26F2N6O4S2/c1-34(20-7-8-25-22(15-20)31-16-40-25)26(36)23(13-17-11-18(28)14-19(29)12-17)32-27(37)33-41(38,39)35-10-4-6-24(35)21-5-2-3-9-30-21/h2-3,5,7-9,11-12,14-16,23-24H,4,6,10,13H2,1H3,(H2,32,33,37)/t23-,24?/m0/s1. The number of hydrogen-bond acceptors (Lipinski definition) is 7. The van der Waals surface area contributed by atoms with Gasteiger partial charge in [0.25, 0.3) is 0 Å². The number of amides is 3. The van der Waals surface area contributed by atoms with Gasteiger partial charge in [0.2, 0.25) is 5.91 Å². The summed E-state index contributed by atoms with van der Waals surface area (Å²) < 4.78 is 58.3. The van der Waals surface area contributed by atoms with E-state index < -0.39 is 45.9 Å². The van der Waals surface area contributed by atoms with Crippen molar-refractivity contribution in [2.24, 2.45) is 0 Å². The summed E-state index contributed by atoms with van der Waals surface area (Å²) in [5, 5.41) is 2.40. The number of nitrogens with zero attached hydrogens (tertiary/aromatic N) is 4. The van der Waals surface area contributed by atoms with Gasteiger partial charge in [-0.25, -0.2) is 23.3 Å². The number of pyridine rings is 1. The van der Waals surface area contributed by atoms with E-state index in [0.717, 1.165) is 21.1 Å². The molecule has 3 heterocycles. The zero-order chi connectivity index (χ0) is 29.1. The minimum atomic E-state index is -4.33. The largest absolute Gasteiger partial charge is 0.330 e. The van der Waals surface area contributed by atoms with Gasteiger partial charge >= 0.3 is 16.2 Å². The van der Waals surface area contributed by atoms with E-state index in [-0.39, 0.29) is 18.5 Å². The first kappa shape index (κ1) is 28.5. The normalized spacial score (nSPS) is 16.4. The maximum absolute atomic E-state index is 13.9. The Morgan fingerprint density at radius 2 is 1.90 bits per heavy atom. The zero-order valence-electron chi connectivity index (χ0n) is 21.8. The second kappa shape index (κ2) is 11.8. The molecule has 0 radical (unpaired) electrons. The topological polar surface area (TPSA) is 125 Å². The zero-order valence-corrected chi connectivity index (χ0v) is 23.5. The predicted octanol–water partition coefficient (Wildman–Crippen LogP) is 3.92. The summed E-state index contributed by atoms with van der Waals surface area (Å²) in [5.74, 6) is -2.34. The van der Waals surface area contributed by atoms with Crippen LogP contribution in [0.4, 0.5) is 19.3 Å². The maximum Gasteiger partial charge on any atom is 0.330 e. The predicted molar refractivity (Wildman–Crippen MR) is 150 cm³/mol. The van der Waals surface area contributed by atoms with Gasteiger partial charge in [0.05, 0.1) is 27.5 Å². The van der Waals surface area contributed by atoms with E-state index in [2.05, 4.69) is 15.3 Å². The molecule has 2 N–H and O–H groups in total. The number of carbonyl (C=O) groups is 2. The number of carbonyl (C=O) groups excluding carboxylic acids is 2. The number of aromatic nitrogens is 2. The number of hydrogen-bond donors (Lipinski definition) is 2. The number of thiazole rings is 1. The summed E-state index contributed by atoms with van der Waals surface area (Å²) in [6.45, 7) is 0.177. The lowest BCUT2D eigenvalue weighted by molar-refractivity contribution is -0.120. The van der Waals surface area contributed by atoms with Crippen molar-refractivity contribution in [1.29, 1.82) is 0 Å². The molecule has 4 aromatic rings. The number of anilines is 1. The Morgan fingerprint density at radius 3 is 2.63 bits per heavy atom. The summed E-state index contributed by atoms with van der Waals surface area (Å²) in [6.07, 6.45) is 2.36. The Labute approximate surface area is 239 Å². The molecule has 5 rings (SSSR count). The van der Waals surface area contributed by atoms with E-state index in [4.69, 9.17) is 0 Å². The third kappa shape index (κ3) is 6.50. The summed E-state index contributed by atoms with van der Waals surface area (Å²) in [7, 11) is -2.85. The highest BCUT2D eigenvalue weighted by Gasteiger charge is 2.37. The number of benzene rings is 2. The first-order valence-electron chi connectivity index (χ1n) is 12.7. The monoisotopic (exact) mass is 600 g/mol. The molecule has 1 aliphatic heterocycles. The van der Waals surface area contributed by atoms with Gasteiger partial charge in [-0.1, -0.05) is 6.07 Å². The first-order chi connectivity index (χ1) is 19.6. The number of nitrogens with one attached hydrogen (secondary N) is 2. The van der Waals surface area contributed by atoms with E-state index in [1.807, 2.05) is 4.72 Å². The third-order valence-electron chi connectivity index (χ3n) is 6.76. The van der Waals surface area contributed by atoms with Crippen LogP contribution in [-0.4, -0.2) is 54.3 Å². The van der Waals surface area contributed by atoms with E-state index in [0.29, 0.717) is 35.8 Å². The fourth-order valence-corrected chi connectivity index (χ4v) is 6.83. The quantitative estimate of drug-likeness (QED) is 0.316. The van der Waals surface area contributed by atoms with Gasteiger partial charge in [-0.3, -0.25) is 9.78 Å². The molecule has 1 fully saturated rings. The highest BCUT2D eigenvalue weighted by atomic mass is 32.2. The van der Waals surface area contributed by atoms with Crippen molar-refractivity contribution in [3.8, 4) is 0 Å². The number of likely N-dealkylation sites (N-methyl/N-ethyl adjacent to an activating group) is 1. The van der Waals surface area contributed by atoms with Crippen LogP contribution in [0.15, 0.2) is 66.3 Å². The molecule has 10 nitrogen and oxygen atoms in total. The average Bonchev–Trinajstić information content (AvgIpc) is 3.61. The van der Waals surface area contributed by atoms with E-state index in [1.54, 1.807) is 48.1 Å². The van der Waals surface area contributed by atoms with Gasteiger partial charge in [0, 0.05) is 38.0 Å². The van der Waals surface area contributed by atoms with Crippen molar-refractivity contribution in [2.75, 3.05) is 18.5 Å². The van der Waals surface area contributed by atoms with Crippen molar-refractivity contribution < 1.29 is 26.8 Å². The molecule has 2 aromatic carbocycles. The average molecular weight is 601 g/mol. The van der Waals surface area contributed by atoms with Crippen molar-refractivity contribution in [3.63, 3.8) is 0 Å². The van der Waals surface area contributed by atoms with Crippen LogP contribution in [0.25, 0.3) is 10.2 Å². The van der Waals surface area contributed by atoms with E-state index in [9.17, 15) is 26.8 Å². The molecule has 0 aliphatic carbocycles. The fraction of sp³-hybridized carbons (Fsp3) is 0.259. The highest BCUT2D eigenvalue weighted by Crippen LogP contribution is 2.32. The lowest BCUT2D eigenvalue weighted by atomic mass is 10.0. The summed E-state index contributed by atoms with van der Waals surface area (Å²) in [6, 6.07) is 10.1. The van der Waals surface area contributed by atoms with Crippen molar-refractivity contribution in [1.82, 2.24) is 24.3 Å². The molecule has 2 aromatic heterocycles. The van der Waals surface area contributed by atoms with Gasteiger partial charge in [-0.05, 0) is 60.9 Å². The van der Waals surface area contributed by atoms with Gasteiger partial charge < -0.3 is 10.2 Å². The number of halogens is 2. The van der Waals surface area contributed by atoms with Gasteiger partial charge in [-0.15, -0.1) is 11.3 Å². The Morgan fingerprint density at radius 1 is 1.12 bits per heavy atom. The molecule has 1 aliphatic rings. The van der Waals surface area contributed by atoms with Crippen LogP contribution in [0.3, 0.4) is 0 Å². The Bertz CT molecular complexity index is 1670. The molecule has 14 heteroatoms. The van der Waals surface area contributed by atoms with Crippen LogP contribution < -0.4 is 14.9 Å². The van der Waals surface area contributed by atoms with Gasteiger partial charge in [-0.2, -0.15) is 12.7 Å². The second-order valence-electron chi connectivity index (χ2n) is 9.54. The number of urea groups is 1. The van der Waals surface area contributed by atoms with Crippen LogP contribution in [0.2, 0.25) is 0 Å².